The van der Waals surface area contributed by atoms with Gasteiger partial charge in [0.15, 0.2) is 0 Å². The van der Waals surface area contributed by atoms with E-state index in [0.717, 1.165) is 6.54 Å². The fraction of sp³-hybridized carbons (Fsp3) is 0.909. The van der Waals surface area contributed by atoms with Crippen molar-refractivity contribution in [3.63, 3.8) is 0 Å². The molecule has 0 aromatic heterocycles. The molecule has 0 radical (unpaired) electrons. The molecule has 0 spiro atoms. The summed E-state index contributed by atoms with van der Waals surface area (Å²) in [6.45, 7) is 7.90. The third kappa shape index (κ3) is 5.91. The first-order chi connectivity index (χ1) is 6.93. The third-order valence-corrected chi connectivity index (χ3v) is 3.23. The summed E-state index contributed by atoms with van der Waals surface area (Å²) in [6, 6.07) is -0.0642. The minimum Gasteiger partial charge on any atom is -0.353 e. The van der Waals surface area contributed by atoms with Gasteiger partial charge in [-0.1, -0.05) is 13.8 Å². The summed E-state index contributed by atoms with van der Waals surface area (Å²) in [6.07, 6.45) is 2.42. The molecule has 1 amide bonds. The predicted octanol–water partition coefficient (Wildman–Crippen LogP) is 1.07. The van der Waals surface area contributed by atoms with Crippen LogP contribution >= 0.6 is 24.8 Å². The molecule has 1 heterocycles. The quantitative estimate of drug-likeness (QED) is 0.727. The van der Waals surface area contributed by atoms with Crippen molar-refractivity contribution >= 4 is 30.7 Å². The first-order valence-electron chi connectivity index (χ1n) is 5.70. The van der Waals surface area contributed by atoms with Crippen LogP contribution in [0.15, 0.2) is 0 Å². The van der Waals surface area contributed by atoms with E-state index >= 15 is 0 Å². The predicted molar refractivity (Wildman–Crippen MR) is 76.0 cm³/mol. The summed E-state index contributed by atoms with van der Waals surface area (Å²) in [5, 5.41) is 6.33. The number of halogens is 2. The molecule has 17 heavy (non-hydrogen) atoms. The van der Waals surface area contributed by atoms with Gasteiger partial charge in [-0.2, -0.15) is 0 Å². The van der Waals surface area contributed by atoms with E-state index in [0.29, 0.717) is 12.6 Å². The lowest BCUT2D eigenvalue weighted by Crippen LogP contribution is -2.54. The first kappa shape index (κ1) is 19.3. The number of nitrogens with one attached hydrogen (secondary N) is 2. The fourth-order valence-corrected chi connectivity index (χ4v) is 1.98. The fourth-order valence-electron chi connectivity index (χ4n) is 1.98. The van der Waals surface area contributed by atoms with Crippen molar-refractivity contribution < 1.29 is 4.79 Å². The Morgan fingerprint density at radius 2 is 2.12 bits per heavy atom. The second-order valence-corrected chi connectivity index (χ2v) is 5.13. The highest BCUT2D eigenvalue weighted by atomic mass is 35.5. The van der Waals surface area contributed by atoms with Gasteiger partial charge in [-0.25, -0.2) is 0 Å². The minimum atomic E-state index is -0.420. The van der Waals surface area contributed by atoms with Crippen LogP contribution < -0.4 is 16.4 Å². The first-order valence-corrected chi connectivity index (χ1v) is 5.70. The summed E-state index contributed by atoms with van der Waals surface area (Å²) in [5.74, 6) is -0.0711. The Labute approximate surface area is 116 Å². The highest BCUT2D eigenvalue weighted by molar-refractivity contribution is 5.85. The van der Waals surface area contributed by atoms with Crippen molar-refractivity contribution in [2.75, 3.05) is 13.1 Å². The molecule has 0 aromatic rings. The number of piperidine rings is 1. The average molecular weight is 286 g/mol. The van der Waals surface area contributed by atoms with Crippen LogP contribution in [0.1, 0.15) is 33.6 Å². The summed E-state index contributed by atoms with van der Waals surface area (Å²) < 4.78 is 0. The zero-order valence-electron chi connectivity index (χ0n) is 10.8. The second kappa shape index (κ2) is 8.14. The van der Waals surface area contributed by atoms with Crippen LogP contribution in [0.3, 0.4) is 0 Å². The lowest BCUT2D eigenvalue weighted by Gasteiger charge is -2.39. The highest BCUT2D eigenvalue weighted by Gasteiger charge is 2.31. The van der Waals surface area contributed by atoms with E-state index in [9.17, 15) is 4.79 Å². The molecule has 1 saturated heterocycles. The van der Waals surface area contributed by atoms with E-state index in [1.54, 1.807) is 6.92 Å². The number of carbonyl (C=O) groups is 1. The van der Waals surface area contributed by atoms with Gasteiger partial charge in [0.05, 0.1) is 6.04 Å². The summed E-state index contributed by atoms with van der Waals surface area (Å²) in [7, 11) is 0. The molecule has 6 heteroatoms. The number of hydrogen-bond acceptors (Lipinski definition) is 3. The van der Waals surface area contributed by atoms with Gasteiger partial charge in [-0.05, 0) is 31.7 Å². The number of amides is 1. The number of nitrogens with two attached hydrogens (primary N) is 1. The van der Waals surface area contributed by atoms with Gasteiger partial charge in [-0.15, -0.1) is 24.8 Å². The Hall–Kier alpha value is -0.0300. The van der Waals surface area contributed by atoms with E-state index < -0.39 is 6.04 Å². The minimum absolute atomic E-state index is 0. The van der Waals surface area contributed by atoms with Gasteiger partial charge in [0.25, 0.3) is 0 Å². The van der Waals surface area contributed by atoms with E-state index in [-0.39, 0.29) is 36.1 Å². The average Bonchev–Trinajstić information content (AvgIpc) is 2.14. The maximum atomic E-state index is 11.3. The molecular formula is C11H25Cl2N3O. The molecule has 4 N–H and O–H groups in total. The van der Waals surface area contributed by atoms with E-state index in [1.165, 1.54) is 12.8 Å². The van der Waals surface area contributed by atoms with Crippen LogP contribution in [0.4, 0.5) is 0 Å². The molecule has 1 aliphatic heterocycles. The Balaban J connectivity index is 0. The standard InChI is InChI=1S/C11H23N3O.2ClH/c1-8(12)10(15)14-7-9-11(2,3)5-4-6-13-9;;/h8-9,13H,4-7,12H2,1-3H3,(H,14,15);2*1H/t8-,9?;;/m1../s1. The third-order valence-electron chi connectivity index (χ3n) is 3.23. The topological polar surface area (TPSA) is 67.2 Å². The van der Waals surface area contributed by atoms with Crippen LogP contribution in [-0.4, -0.2) is 31.1 Å². The van der Waals surface area contributed by atoms with E-state index in [2.05, 4.69) is 24.5 Å². The Bertz CT molecular complexity index is 235. The van der Waals surface area contributed by atoms with Crippen molar-refractivity contribution in [2.24, 2.45) is 11.1 Å². The summed E-state index contributed by atoms with van der Waals surface area (Å²) in [5.41, 5.74) is 5.74. The Kier molecular flexibility index (Phi) is 9.25. The number of carbonyl (C=O) groups excluding carboxylic acids is 1. The molecule has 1 rings (SSSR count). The van der Waals surface area contributed by atoms with E-state index in [4.69, 9.17) is 5.73 Å². The largest absolute Gasteiger partial charge is 0.353 e. The SMILES string of the molecule is C[C@@H](N)C(=O)NCC1NCCCC1(C)C.Cl.Cl. The van der Waals surface area contributed by atoms with Gasteiger partial charge in [0, 0.05) is 12.6 Å². The van der Waals surface area contributed by atoms with Crippen LogP contribution in [0.2, 0.25) is 0 Å². The van der Waals surface area contributed by atoms with Crippen LogP contribution in [0.25, 0.3) is 0 Å². The second-order valence-electron chi connectivity index (χ2n) is 5.13. The lowest BCUT2D eigenvalue weighted by molar-refractivity contribution is -0.122. The van der Waals surface area contributed by atoms with E-state index in [1.807, 2.05) is 0 Å². The number of rotatable bonds is 3. The normalized spacial score (nSPS) is 23.9. The smallest absolute Gasteiger partial charge is 0.236 e. The summed E-state index contributed by atoms with van der Waals surface area (Å²) >= 11 is 0. The molecule has 1 aliphatic rings. The molecule has 0 aliphatic carbocycles. The Morgan fingerprint density at radius 1 is 1.53 bits per heavy atom. The van der Waals surface area contributed by atoms with Crippen molar-refractivity contribution in [3.05, 3.63) is 0 Å². The molecule has 4 nitrogen and oxygen atoms in total. The molecular weight excluding hydrogens is 261 g/mol. The maximum Gasteiger partial charge on any atom is 0.236 e. The molecule has 2 atom stereocenters. The molecule has 1 fully saturated rings. The highest BCUT2D eigenvalue weighted by Crippen LogP contribution is 2.29. The van der Waals surface area contributed by atoms with Crippen LogP contribution in [-0.2, 0) is 4.79 Å². The van der Waals surface area contributed by atoms with Gasteiger partial charge in [-0.3, -0.25) is 4.79 Å². The van der Waals surface area contributed by atoms with Crippen molar-refractivity contribution in [1.82, 2.24) is 10.6 Å². The zero-order valence-corrected chi connectivity index (χ0v) is 12.4. The number of hydrogen-bond donors (Lipinski definition) is 3. The maximum absolute atomic E-state index is 11.3. The van der Waals surface area contributed by atoms with Crippen molar-refractivity contribution in [1.29, 1.82) is 0 Å². The van der Waals surface area contributed by atoms with Gasteiger partial charge >= 0.3 is 0 Å². The molecule has 1 unspecified atom stereocenters. The van der Waals surface area contributed by atoms with Gasteiger partial charge < -0.3 is 16.4 Å². The molecule has 0 saturated carbocycles. The van der Waals surface area contributed by atoms with Crippen molar-refractivity contribution in [2.45, 2.75) is 45.7 Å². The lowest BCUT2D eigenvalue weighted by atomic mass is 9.77. The summed E-state index contributed by atoms with van der Waals surface area (Å²) in [4.78, 5) is 11.3. The monoisotopic (exact) mass is 285 g/mol. The molecule has 0 aromatic carbocycles. The van der Waals surface area contributed by atoms with Crippen LogP contribution in [0, 0.1) is 5.41 Å². The molecule has 104 valence electrons. The van der Waals surface area contributed by atoms with Crippen molar-refractivity contribution in [3.8, 4) is 0 Å². The zero-order chi connectivity index (χ0) is 11.5. The van der Waals surface area contributed by atoms with Crippen LogP contribution in [0.5, 0.6) is 0 Å². The Morgan fingerprint density at radius 3 is 2.59 bits per heavy atom. The van der Waals surface area contributed by atoms with Gasteiger partial charge in [0.1, 0.15) is 0 Å². The molecule has 0 bridgehead atoms. The van der Waals surface area contributed by atoms with Gasteiger partial charge in [0.2, 0.25) is 5.91 Å².